The van der Waals surface area contributed by atoms with Crippen LogP contribution >= 0.6 is 0 Å². The van der Waals surface area contributed by atoms with Gasteiger partial charge in [0.1, 0.15) is 0 Å². The lowest BCUT2D eigenvalue weighted by molar-refractivity contribution is -0.117. The van der Waals surface area contributed by atoms with E-state index in [1.165, 1.54) is 13.2 Å². The summed E-state index contributed by atoms with van der Waals surface area (Å²) in [6.07, 6.45) is 0.231. The quantitative estimate of drug-likeness (QED) is 0.804. The van der Waals surface area contributed by atoms with Crippen molar-refractivity contribution in [2.75, 3.05) is 19.1 Å². The fraction of sp³-hybridized carbons (Fsp3) is 0.278. The van der Waals surface area contributed by atoms with Gasteiger partial charge in [-0.15, -0.1) is 0 Å². The second kappa shape index (κ2) is 5.13. The molecule has 0 unspecified atom stereocenters. The van der Waals surface area contributed by atoms with Crippen molar-refractivity contribution in [1.29, 1.82) is 0 Å². The maximum atomic E-state index is 14.2. The standard InChI is InChI=1S/C18H18FNO2/c1-10-5-14-13-9-15(19)17(22-4)7-12(13)8-18(21)20(3)16(14)6-11(10)2/h5-7,9H,8H2,1-4H3. The average molecular weight is 299 g/mol. The van der Waals surface area contributed by atoms with Crippen LogP contribution in [-0.4, -0.2) is 20.1 Å². The predicted octanol–water partition coefficient (Wildman–Crippen LogP) is 3.64. The van der Waals surface area contributed by atoms with E-state index in [1.54, 1.807) is 18.0 Å². The van der Waals surface area contributed by atoms with Crippen molar-refractivity contribution < 1.29 is 13.9 Å². The van der Waals surface area contributed by atoms with E-state index < -0.39 is 5.82 Å². The number of benzene rings is 2. The number of likely N-dealkylation sites (N-methyl/N-ethyl adjacent to an activating group) is 1. The first-order valence-electron chi connectivity index (χ1n) is 7.17. The molecule has 2 aromatic carbocycles. The maximum absolute atomic E-state index is 14.2. The van der Waals surface area contributed by atoms with Gasteiger partial charge in [0.2, 0.25) is 5.91 Å². The average Bonchev–Trinajstić information content (AvgIpc) is 2.57. The summed E-state index contributed by atoms with van der Waals surface area (Å²) in [7, 11) is 3.19. The van der Waals surface area contributed by atoms with E-state index in [-0.39, 0.29) is 18.1 Å². The Hall–Kier alpha value is -2.36. The van der Waals surface area contributed by atoms with Gasteiger partial charge in [0.25, 0.3) is 0 Å². The van der Waals surface area contributed by atoms with Crippen LogP contribution in [0.15, 0.2) is 24.3 Å². The Labute approximate surface area is 129 Å². The number of halogens is 1. The van der Waals surface area contributed by atoms with E-state index in [0.29, 0.717) is 0 Å². The highest BCUT2D eigenvalue weighted by molar-refractivity contribution is 6.02. The minimum absolute atomic E-state index is 0.0167. The van der Waals surface area contributed by atoms with Gasteiger partial charge in [0.05, 0.1) is 19.2 Å². The highest BCUT2D eigenvalue weighted by Crippen LogP contribution is 2.40. The largest absolute Gasteiger partial charge is 0.494 e. The molecule has 114 valence electrons. The van der Waals surface area contributed by atoms with Crippen molar-refractivity contribution in [2.24, 2.45) is 0 Å². The molecule has 0 saturated carbocycles. The molecule has 22 heavy (non-hydrogen) atoms. The van der Waals surface area contributed by atoms with Crippen LogP contribution in [0.4, 0.5) is 10.1 Å². The van der Waals surface area contributed by atoms with Gasteiger partial charge in [-0.05, 0) is 60.4 Å². The molecule has 0 atom stereocenters. The summed E-state index contributed by atoms with van der Waals surface area (Å²) >= 11 is 0. The second-order valence-electron chi connectivity index (χ2n) is 5.73. The van der Waals surface area contributed by atoms with Gasteiger partial charge >= 0.3 is 0 Å². The Morgan fingerprint density at radius 3 is 2.45 bits per heavy atom. The molecule has 0 N–H and O–H groups in total. The van der Waals surface area contributed by atoms with Crippen LogP contribution in [0.25, 0.3) is 11.1 Å². The van der Waals surface area contributed by atoms with Crippen molar-refractivity contribution in [1.82, 2.24) is 0 Å². The number of amides is 1. The fourth-order valence-corrected chi connectivity index (χ4v) is 2.86. The smallest absolute Gasteiger partial charge is 0.231 e. The zero-order valence-corrected chi connectivity index (χ0v) is 13.2. The van der Waals surface area contributed by atoms with Crippen molar-refractivity contribution >= 4 is 11.6 Å². The zero-order chi connectivity index (χ0) is 16.0. The van der Waals surface area contributed by atoms with Gasteiger partial charge < -0.3 is 9.64 Å². The van der Waals surface area contributed by atoms with Gasteiger partial charge in [-0.3, -0.25) is 4.79 Å². The number of ether oxygens (including phenoxy) is 1. The second-order valence-corrected chi connectivity index (χ2v) is 5.73. The number of anilines is 1. The van der Waals surface area contributed by atoms with E-state index >= 15 is 0 Å². The van der Waals surface area contributed by atoms with Crippen LogP contribution in [0, 0.1) is 19.7 Å². The molecule has 0 spiro atoms. The summed E-state index contributed by atoms with van der Waals surface area (Å²) in [4.78, 5) is 14.1. The number of fused-ring (bicyclic) bond motifs is 3. The van der Waals surface area contributed by atoms with Crippen molar-refractivity contribution in [3.63, 3.8) is 0 Å². The van der Waals surface area contributed by atoms with Gasteiger partial charge in [-0.25, -0.2) is 4.39 Å². The van der Waals surface area contributed by atoms with Crippen molar-refractivity contribution in [3.8, 4) is 16.9 Å². The van der Waals surface area contributed by atoms with Crippen LogP contribution < -0.4 is 9.64 Å². The number of nitrogens with zero attached hydrogens (tertiary/aromatic N) is 1. The molecule has 1 heterocycles. The summed E-state index contributed by atoms with van der Waals surface area (Å²) in [5, 5.41) is 0. The number of hydrogen-bond donors (Lipinski definition) is 0. The molecule has 0 fully saturated rings. The van der Waals surface area contributed by atoms with Crippen LogP contribution in [0.2, 0.25) is 0 Å². The third-order valence-corrected chi connectivity index (χ3v) is 4.36. The van der Waals surface area contributed by atoms with Gasteiger partial charge in [0.15, 0.2) is 11.6 Å². The zero-order valence-electron chi connectivity index (χ0n) is 13.2. The van der Waals surface area contributed by atoms with E-state index in [4.69, 9.17) is 4.74 Å². The lowest BCUT2D eigenvalue weighted by Crippen LogP contribution is -2.26. The molecule has 4 heteroatoms. The lowest BCUT2D eigenvalue weighted by Gasteiger charge is -2.19. The Kier molecular flexibility index (Phi) is 3.39. The fourth-order valence-electron chi connectivity index (χ4n) is 2.86. The highest BCUT2D eigenvalue weighted by Gasteiger charge is 2.25. The summed E-state index contributed by atoms with van der Waals surface area (Å²) in [5.74, 6) is -0.263. The number of carbonyl (C=O) groups is 1. The van der Waals surface area contributed by atoms with E-state index in [9.17, 15) is 9.18 Å². The maximum Gasteiger partial charge on any atom is 0.231 e. The first-order valence-corrected chi connectivity index (χ1v) is 7.17. The first-order chi connectivity index (χ1) is 10.4. The Morgan fingerprint density at radius 1 is 1.09 bits per heavy atom. The van der Waals surface area contributed by atoms with Gasteiger partial charge in [-0.2, -0.15) is 0 Å². The van der Waals surface area contributed by atoms with E-state index in [2.05, 4.69) is 0 Å². The highest BCUT2D eigenvalue weighted by atomic mass is 19.1. The summed E-state index contributed by atoms with van der Waals surface area (Å²) < 4.78 is 19.2. The molecular weight excluding hydrogens is 281 g/mol. The normalized spacial score (nSPS) is 13.5. The summed E-state index contributed by atoms with van der Waals surface area (Å²) in [5.41, 5.74) is 5.47. The molecule has 1 amide bonds. The van der Waals surface area contributed by atoms with Crippen LogP contribution in [0.5, 0.6) is 5.75 Å². The number of aryl methyl sites for hydroxylation is 2. The monoisotopic (exact) mass is 299 g/mol. The van der Waals surface area contributed by atoms with Gasteiger partial charge in [-0.1, -0.05) is 0 Å². The molecule has 2 aromatic rings. The SMILES string of the molecule is COc1cc2c(cc1F)-c1cc(C)c(C)cc1N(C)C(=O)C2. The van der Waals surface area contributed by atoms with E-state index in [0.717, 1.165) is 33.5 Å². The van der Waals surface area contributed by atoms with Crippen molar-refractivity contribution in [3.05, 3.63) is 46.8 Å². The van der Waals surface area contributed by atoms with Crippen LogP contribution in [0.3, 0.4) is 0 Å². The number of methoxy groups -OCH3 is 1. The minimum atomic E-state index is -0.414. The summed E-state index contributed by atoms with van der Waals surface area (Å²) in [6, 6.07) is 7.10. The molecule has 3 nitrogen and oxygen atoms in total. The molecule has 0 saturated heterocycles. The first kappa shape index (κ1) is 14.6. The Bertz CT molecular complexity index is 783. The Balaban J connectivity index is 2.35. The molecule has 0 bridgehead atoms. The predicted molar refractivity (Wildman–Crippen MR) is 85.0 cm³/mol. The van der Waals surface area contributed by atoms with Crippen LogP contribution in [-0.2, 0) is 11.2 Å². The minimum Gasteiger partial charge on any atom is -0.494 e. The number of hydrogen-bond acceptors (Lipinski definition) is 2. The van der Waals surface area contributed by atoms with Crippen LogP contribution in [0.1, 0.15) is 16.7 Å². The topological polar surface area (TPSA) is 29.5 Å². The number of rotatable bonds is 1. The number of carbonyl (C=O) groups excluding carboxylic acids is 1. The molecule has 1 aliphatic rings. The molecule has 0 radical (unpaired) electrons. The molecular formula is C18H18FNO2. The third-order valence-electron chi connectivity index (χ3n) is 4.36. The molecule has 0 aromatic heterocycles. The summed E-state index contributed by atoms with van der Waals surface area (Å²) in [6.45, 7) is 4.02. The third kappa shape index (κ3) is 2.15. The Morgan fingerprint density at radius 2 is 1.77 bits per heavy atom. The van der Waals surface area contributed by atoms with Crippen molar-refractivity contribution in [2.45, 2.75) is 20.3 Å². The molecule has 3 rings (SSSR count). The van der Waals surface area contributed by atoms with Gasteiger partial charge in [0, 0.05) is 12.6 Å². The van der Waals surface area contributed by atoms with E-state index in [1.807, 2.05) is 26.0 Å². The molecule has 0 aliphatic carbocycles. The molecule has 1 aliphatic heterocycles. The lowest BCUT2D eigenvalue weighted by atomic mass is 9.94.